The zero-order chi connectivity index (χ0) is 10.1. The van der Waals surface area contributed by atoms with Crippen molar-refractivity contribution in [1.82, 2.24) is 0 Å². The lowest BCUT2D eigenvalue weighted by Gasteiger charge is -2.40. The third kappa shape index (κ3) is 2.02. The van der Waals surface area contributed by atoms with E-state index in [9.17, 15) is 5.11 Å². The van der Waals surface area contributed by atoms with Gasteiger partial charge in [0.25, 0.3) is 0 Å². The van der Waals surface area contributed by atoms with E-state index < -0.39 is 6.10 Å². The van der Waals surface area contributed by atoms with Crippen LogP contribution in [0.4, 0.5) is 0 Å². The first-order chi connectivity index (χ1) is 5.99. The molecule has 1 heteroatoms. The highest BCUT2D eigenvalue weighted by atomic mass is 16.3. The van der Waals surface area contributed by atoms with Gasteiger partial charge in [0.15, 0.2) is 0 Å². The van der Waals surface area contributed by atoms with Crippen LogP contribution >= 0.6 is 0 Å². The molecule has 1 N–H and O–H groups in total. The molecule has 0 radical (unpaired) electrons. The molecule has 1 rings (SSSR count). The summed E-state index contributed by atoms with van der Waals surface area (Å²) in [7, 11) is 0. The Morgan fingerprint density at radius 1 is 1.69 bits per heavy atom. The van der Waals surface area contributed by atoms with E-state index in [0.717, 1.165) is 12.8 Å². The van der Waals surface area contributed by atoms with Gasteiger partial charge in [-0.05, 0) is 25.2 Å². The van der Waals surface area contributed by atoms with E-state index in [1.165, 1.54) is 5.57 Å². The maximum Gasteiger partial charge on any atom is 0.0788 e. The summed E-state index contributed by atoms with van der Waals surface area (Å²) in [5, 5.41) is 9.83. The molecule has 0 fully saturated rings. The molecule has 0 aromatic heterocycles. The van der Waals surface area contributed by atoms with Crippen LogP contribution < -0.4 is 0 Å². The van der Waals surface area contributed by atoms with Gasteiger partial charge in [0.1, 0.15) is 0 Å². The van der Waals surface area contributed by atoms with E-state index in [-0.39, 0.29) is 11.3 Å². The van der Waals surface area contributed by atoms with Crippen molar-refractivity contribution in [2.75, 3.05) is 0 Å². The Balaban J connectivity index is 2.93. The average molecular weight is 180 g/mol. The fourth-order valence-electron chi connectivity index (χ4n) is 2.44. The lowest BCUT2D eigenvalue weighted by atomic mass is 9.66. The fraction of sp³-hybridized carbons (Fsp3) is 0.667. The first kappa shape index (κ1) is 10.5. The van der Waals surface area contributed by atoms with Gasteiger partial charge in [-0.25, -0.2) is 0 Å². The van der Waals surface area contributed by atoms with Crippen molar-refractivity contribution < 1.29 is 5.11 Å². The van der Waals surface area contributed by atoms with Crippen LogP contribution in [0.2, 0.25) is 0 Å². The van der Waals surface area contributed by atoms with Gasteiger partial charge >= 0.3 is 0 Å². The third-order valence-corrected chi connectivity index (χ3v) is 3.17. The highest BCUT2D eigenvalue weighted by Crippen LogP contribution is 2.42. The van der Waals surface area contributed by atoms with Crippen molar-refractivity contribution in [1.29, 1.82) is 0 Å². The number of rotatable bonds is 2. The first-order valence-corrected chi connectivity index (χ1v) is 4.96. The lowest BCUT2D eigenvalue weighted by Crippen LogP contribution is -2.35. The van der Waals surface area contributed by atoms with E-state index in [2.05, 4.69) is 33.4 Å². The highest BCUT2D eigenvalue weighted by Gasteiger charge is 2.36. The smallest absolute Gasteiger partial charge is 0.0788 e. The molecule has 0 amide bonds. The predicted octanol–water partition coefficient (Wildman–Crippen LogP) is 2.92. The Morgan fingerprint density at radius 3 is 2.77 bits per heavy atom. The van der Waals surface area contributed by atoms with Crippen molar-refractivity contribution in [3.63, 3.8) is 0 Å². The second kappa shape index (κ2) is 3.67. The van der Waals surface area contributed by atoms with Gasteiger partial charge in [-0.2, -0.15) is 0 Å². The molecule has 74 valence electrons. The van der Waals surface area contributed by atoms with Gasteiger partial charge in [-0.1, -0.05) is 31.6 Å². The molecule has 2 atom stereocenters. The molecule has 2 unspecified atom stereocenters. The molecular formula is C12H20O. The van der Waals surface area contributed by atoms with Gasteiger partial charge < -0.3 is 5.11 Å². The minimum Gasteiger partial charge on any atom is -0.388 e. The molecule has 0 heterocycles. The van der Waals surface area contributed by atoms with Crippen LogP contribution in [-0.4, -0.2) is 11.2 Å². The topological polar surface area (TPSA) is 20.2 Å². The molecule has 0 aromatic rings. The van der Waals surface area contributed by atoms with Gasteiger partial charge in [-0.15, -0.1) is 6.58 Å². The van der Waals surface area contributed by atoms with Crippen molar-refractivity contribution in [3.05, 3.63) is 24.3 Å². The van der Waals surface area contributed by atoms with Crippen LogP contribution in [0.1, 0.15) is 33.6 Å². The Kier molecular flexibility index (Phi) is 2.97. The highest BCUT2D eigenvalue weighted by molar-refractivity contribution is 5.16. The monoisotopic (exact) mass is 180 g/mol. The maximum atomic E-state index is 9.83. The first-order valence-electron chi connectivity index (χ1n) is 4.96. The minimum absolute atomic E-state index is 0.201. The largest absolute Gasteiger partial charge is 0.388 e. The molecule has 1 aliphatic carbocycles. The lowest BCUT2D eigenvalue weighted by molar-refractivity contribution is 0.0787. The van der Waals surface area contributed by atoms with Gasteiger partial charge in [0.05, 0.1) is 6.10 Å². The standard InChI is InChI=1S/C12H20O/c1-5-10(13)11-9(2)7-6-8-12(11,3)4/h5,7,10-11,13H,1,6,8H2,2-4H3. The molecule has 0 spiro atoms. The summed E-state index contributed by atoms with van der Waals surface area (Å²) in [5.74, 6) is 0.249. The molecule has 0 saturated heterocycles. The normalized spacial score (nSPS) is 29.2. The molecule has 13 heavy (non-hydrogen) atoms. The van der Waals surface area contributed by atoms with E-state index in [0.29, 0.717) is 0 Å². The molecule has 0 saturated carbocycles. The molecule has 0 aromatic carbocycles. The fourth-order valence-corrected chi connectivity index (χ4v) is 2.44. The van der Waals surface area contributed by atoms with Crippen molar-refractivity contribution in [2.24, 2.45) is 11.3 Å². The van der Waals surface area contributed by atoms with E-state index in [4.69, 9.17) is 0 Å². The SMILES string of the molecule is C=CC(O)C1C(C)=CCCC1(C)C. The zero-order valence-corrected chi connectivity index (χ0v) is 8.88. The van der Waals surface area contributed by atoms with Crippen LogP contribution in [0.25, 0.3) is 0 Å². The summed E-state index contributed by atoms with van der Waals surface area (Å²) in [6.45, 7) is 10.2. The van der Waals surface area contributed by atoms with Crippen molar-refractivity contribution in [3.8, 4) is 0 Å². The van der Waals surface area contributed by atoms with E-state index in [1.807, 2.05) is 0 Å². The summed E-state index contributed by atoms with van der Waals surface area (Å²) < 4.78 is 0. The zero-order valence-electron chi connectivity index (χ0n) is 8.88. The Labute approximate surface area is 81.2 Å². The quantitative estimate of drug-likeness (QED) is 0.648. The number of aliphatic hydroxyl groups is 1. The number of aliphatic hydroxyl groups excluding tert-OH is 1. The van der Waals surface area contributed by atoms with Gasteiger partial charge in [0.2, 0.25) is 0 Å². The average Bonchev–Trinajstić information content (AvgIpc) is 2.02. The molecule has 0 bridgehead atoms. The van der Waals surface area contributed by atoms with Crippen LogP contribution in [0.3, 0.4) is 0 Å². The second-order valence-corrected chi connectivity index (χ2v) is 4.68. The van der Waals surface area contributed by atoms with Crippen LogP contribution in [0.5, 0.6) is 0 Å². The number of hydrogen-bond acceptors (Lipinski definition) is 1. The number of hydrogen-bond donors (Lipinski definition) is 1. The molecule has 1 nitrogen and oxygen atoms in total. The Bertz CT molecular complexity index is 225. The molecule has 0 aliphatic heterocycles. The van der Waals surface area contributed by atoms with Crippen LogP contribution in [-0.2, 0) is 0 Å². The van der Waals surface area contributed by atoms with E-state index >= 15 is 0 Å². The van der Waals surface area contributed by atoms with E-state index in [1.54, 1.807) is 6.08 Å². The van der Waals surface area contributed by atoms with Crippen LogP contribution in [0.15, 0.2) is 24.3 Å². The Hall–Kier alpha value is -0.560. The van der Waals surface area contributed by atoms with Crippen molar-refractivity contribution in [2.45, 2.75) is 39.7 Å². The molecular weight excluding hydrogens is 160 g/mol. The van der Waals surface area contributed by atoms with Gasteiger partial charge in [-0.3, -0.25) is 0 Å². The summed E-state index contributed by atoms with van der Waals surface area (Å²) in [5.41, 5.74) is 1.51. The maximum absolute atomic E-state index is 9.83. The summed E-state index contributed by atoms with van der Waals surface area (Å²) in [4.78, 5) is 0. The van der Waals surface area contributed by atoms with Crippen LogP contribution in [0, 0.1) is 11.3 Å². The third-order valence-electron chi connectivity index (χ3n) is 3.17. The minimum atomic E-state index is -0.397. The summed E-state index contributed by atoms with van der Waals surface area (Å²) in [6, 6.07) is 0. The second-order valence-electron chi connectivity index (χ2n) is 4.68. The summed E-state index contributed by atoms with van der Waals surface area (Å²) in [6.07, 6.45) is 5.78. The Morgan fingerprint density at radius 2 is 2.31 bits per heavy atom. The predicted molar refractivity (Wildman–Crippen MR) is 56.5 cm³/mol. The van der Waals surface area contributed by atoms with Gasteiger partial charge in [0, 0.05) is 5.92 Å². The molecule has 1 aliphatic rings. The number of allylic oxidation sites excluding steroid dienone is 1. The van der Waals surface area contributed by atoms with Crippen molar-refractivity contribution >= 4 is 0 Å². The summed E-state index contributed by atoms with van der Waals surface area (Å²) >= 11 is 0.